The highest BCUT2D eigenvalue weighted by molar-refractivity contribution is 5.02. The molecule has 0 bridgehead atoms. The van der Waals surface area contributed by atoms with Crippen LogP contribution in [0.1, 0.15) is 31.5 Å². The van der Waals surface area contributed by atoms with E-state index in [0.29, 0.717) is 12.1 Å². The monoisotopic (exact) mass is 206 g/mol. The van der Waals surface area contributed by atoms with Gasteiger partial charge in [-0.25, -0.2) is 0 Å². The molecule has 1 aromatic rings. The van der Waals surface area contributed by atoms with E-state index < -0.39 is 0 Å². The van der Waals surface area contributed by atoms with Crippen LogP contribution in [0.15, 0.2) is 18.6 Å². The Hall–Kier alpha value is -1.00. The van der Waals surface area contributed by atoms with E-state index in [4.69, 9.17) is 5.73 Å². The topological polar surface area (TPSA) is 55.0 Å². The summed E-state index contributed by atoms with van der Waals surface area (Å²) in [6, 6.07) is 0.642. The van der Waals surface area contributed by atoms with E-state index in [9.17, 15) is 0 Å². The first kappa shape index (κ1) is 10.5. The first-order chi connectivity index (χ1) is 7.27. The SMILES string of the molecule is C[C@@H](c1cnccn1)N1CCC[C@@H](N)C1. The molecule has 2 atom stereocenters. The molecule has 82 valence electrons. The minimum absolute atomic E-state index is 0.317. The van der Waals surface area contributed by atoms with Crippen molar-refractivity contribution in [1.29, 1.82) is 0 Å². The van der Waals surface area contributed by atoms with Crippen LogP contribution in [0.25, 0.3) is 0 Å². The lowest BCUT2D eigenvalue weighted by Gasteiger charge is -2.34. The van der Waals surface area contributed by atoms with Crippen molar-refractivity contribution >= 4 is 0 Å². The van der Waals surface area contributed by atoms with Gasteiger partial charge in [-0.15, -0.1) is 0 Å². The van der Waals surface area contributed by atoms with E-state index in [1.54, 1.807) is 12.4 Å². The minimum atomic E-state index is 0.317. The molecule has 2 N–H and O–H groups in total. The number of likely N-dealkylation sites (tertiary alicyclic amines) is 1. The van der Waals surface area contributed by atoms with E-state index in [1.165, 1.54) is 6.42 Å². The van der Waals surface area contributed by atoms with Crippen molar-refractivity contribution in [2.24, 2.45) is 5.73 Å². The Morgan fingerprint density at radius 1 is 1.53 bits per heavy atom. The number of piperidine rings is 1. The van der Waals surface area contributed by atoms with Gasteiger partial charge in [0.15, 0.2) is 0 Å². The van der Waals surface area contributed by atoms with Crippen LogP contribution >= 0.6 is 0 Å². The van der Waals surface area contributed by atoms with Crippen molar-refractivity contribution in [1.82, 2.24) is 14.9 Å². The Balaban J connectivity index is 2.04. The maximum absolute atomic E-state index is 5.96. The molecule has 2 rings (SSSR count). The molecule has 1 aliphatic rings. The van der Waals surface area contributed by atoms with Gasteiger partial charge in [-0.1, -0.05) is 0 Å². The molecule has 0 unspecified atom stereocenters. The summed E-state index contributed by atoms with van der Waals surface area (Å²) in [6.45, 7) is 4.26. The molecule has 0 aliphatic carbocycles. The van der Waals surface area contributed by atoms with Gasteiger partial charge in [0.2, 0.25) is 0 Å². The summed E-state index contributed by atoms with van der Waals surface area (Å²) in [4.78, 5) is 10.8. The average molecular weight is 206 g/mol. The summed E-state index contributed by atoms with van der Waals surface area (Å²) in [5, 5.41) is 0. The molecule has 1 aliphatic heterocycles. The second-order valence-electron chi connectivity index (χ2n) is 4.20. The number of rotatable bonds is 2. The summed E-state index contributed by atoms with van der Waals surface area (Å²) in [7, 11) is 0. The molecule has 4 nitrogen and oxygen atoms in total. The molecule has 0 saturated carbocycles. The van der Waals surface area contributed by atoms with Gasteiger partial charge in [-0.2, -0.15) is 0 Å². The van der Waals surface area contributed by atoms with Crippen LogP contribution in [-0.4, -0.2) is 34.0 Å². The van der Waals surface area contributed by atoms with E-state index in [-0.39, 0.29) is 0 Å². The maximum Gasteiger partial charge on any atom is 0.0755 e. The van der Waals surface area contributed by atoms with E-state index in [2.05, 4.69) is 21.8 Å². The van der Waals surface area contributed by atoms with Crippen LogP contribution in [-0.2, 0) is 0 Å². The molecule has 0 radical (unpaired) electrons. The average Bonchev–Trinajstić information content (AvgIpc) is 2.29. The normalized spacial score (nSPS) is 25.1. The Bertz CT molecular complexity index is 301. The third-order valence-corrected chi connectivity index (χ3v) is 3.05. The van der Waals surface area contributed by atoms with Crippen LogP contribution in [0, 0.1) is 0 Å². The predicted molar refractivity (Wildman–Crippen MR) is 59.2 cm³/mol. The maximum atomic E-state index is 5.96. The summed E-state index contributed by atoms with van der Waals surface area (Å²) >= 11 is 0. The first-order valence-corrected chi connectivity index (χ1v) is 5.53. The van der Waals surface area contributed by atoms with Crippen molar-refractivity contribution in [2.45, 2.75) is 31.8 Å². The third-order valence-electron chi connectivity index (χ3n) is 3.05. The predicted octanol–water partition coefficient (Wildman–Crippen LogP) is 0.961. The van der Waals surface area contributed by atoms with Gasteiger partial charge in [0.05, 0.1) is 11.7 Å². The van der Waals surface area contributed by atoms with Crippen molar-refractivity contribution in [3.8, 4) is 0 Å². The molecule has 1 aromatic heterocycles. The fourth-order valence-corrected chi connectivity index (χ4v) is 2.11. The molecule has 2 heterocycles. The van der Waals surface area contributed by atoms with Crippen LogP contribution in [0.3, 0.4) is 0 Å². The number of hydrogen-bond acceptors (Lipinski definition) is 4. The zero-order valence-corrected chi connectivity index (χ0v) is 9.13. The Morgan fingerprint density at radius 2 is 2.40 bits per heavy atom. The summed E-state index contributed by atoms with van der Waals surface area (Å²) < 4.78 is 0. The van der Waals surface area contributed by atoms with Gasteiger partial charge >= 0.3 is 0 Å². The second kappa shape index (κ2) is 4.68. The quantitative estimate of drug-likeness (QED) is 0.783. The van der Waals surface area contributed by atoms with Crippen LogP contribution in [0.4, 0.5) is 0 Å². The van der Waals surface area contributed by atoms with Gasteiger partial charge in [0.25, 0.3) is 0 Å². The van der Waals surface area contributed by atoms with Gasteiger partial charge in [0.1, 0.15) is 0 Å². The smallest absolute Gasteiger partial charge is 0.0755 e. The molecule has 0 aromatic carbocycles. The fraction of sp³-hybridized carbons (Fsp3) is 0.636. The van der Waals surface area contributed by atoms with Crippen LogP contribution in [0.5, 0.6) is 0 Å². The Labute approximate surface area is 90.5 Å². The van der Waals surface area contributed by atoms with E-state index in [1.807, 2.05) is 6.20 Å². The number of nitrogens with zero attached hydrogens (tertiary/aromatic N) is 3. The zero-order chi connectivity index (χ0) is 10.7. The fourth-order valence-electron chi connectivity index (χ4n) is 2.11. The lowest BCUT2D eigenvalue weighted by atomic mass is 10.0. The van der Waals surface area contributed by atoms with Gasteiger partial charge in [-0.3, -0.25) is 14.9 Å². The summed E-state index contributed by atoms with van der Waals surface area (Å²) in [5.74, 6) is 0. The molecular formula is C11H18N4. The lowest BCUT2D eigenvalue weighted by Crippen LogP contribution is -2.43. The number of hydrogen-bond donors (Lipinski definition) is 1. The molecule has 0 amide bonds. The highest BCUT2D eigenvalue weighted by Crippen LogP contribution is 2.21. The molecule has 1 saturated heterocycles. The molecule has 0 spiro atoms. The minimum Gasteiger partial charge on any atom is -0.327 e. The van der Waals surface area contributed by atoms with Crippen LogP contribution in [0.2, 0.25) is 0 Å². The highest BCUT2D eigenvalue weighted by atomic mass is 15.2. The number of nitrogens with two attached hydrogens (primary N) is 1. The lowest BCUT2D eigenvalue weighted by molar-refractivity contribution is 0.157. The van der Waals surface area contributed by atoms with Crippen molar-refractivity contribution in [3.63, 3.8) is 0 Å². The van der Waals surface area contributed by atoms with E-state index in [0.717, 1.165) is 25.2 Å². The van der Waals surface area contributed by atoms with E-state index >= 15 is 0 Å². The van der Waals surface area contributed by atoms with Crippen molar-refractivity contribution in [2.75, 3.05) is 13.1 Å². The van der Waals surface area contributed by atoms with Gasteiger partial charge in [-0.05, 0) is 26.3 Å². The molecule has 4 heteroatoms. The third kappa shape index (κ3) is 2.52. The molecule has 15 heavy (non-hydrogen) atoms. The first-order valence-electron chi connectivity index (χ1n) is 5.53. The zero-order valence-electron chi connectivity index (χ0n) is 9.13. The number of aromatic nitrogens is 2. The highest BCUT2D eigenvalue weighted by Gasteiger charge is 2.22. The van der Waals surface area contributed by atoms with Gasteiger partial charge in [0, 0.05) is 31.2 Å². The van der Waals surface area contributed by atoms with Crippen molar-refractivity contribution < 1.29 is 0 Å². The summed E-state index contributed by atoms with van der Waals surface area (Å²) in [5.41, 5.74) is 7.00. The van der Waals surface area contributed by atoms with Crippen LogP contribution < -0.4 is 5.73 Å². The summed E-state index contributed by atoms with van der Waals surface area (Å²) in [6.07, 6.45) is 7.62. The Morgan fingerprint density at radius 3 is 3.07 bits per heavy atom. The largest absolute Gasteiger partial charge is 0.327 e. The standard InChI is InChI=1S/C11H18N4/c1-9(11-7-13-4-5-14-11)15-6-2-3-10(12)8-15/h4-5,7,9-10H,2-3,6,8,12H2,1H3/t9-,10+/m0/s1. The molecular weight excluding hydrogens is 188 g/mol. The molecule has 1 fully saturated rings. The van der Waals surface area contributed by atoms with Crippen molar-refractivity contribution in [3.05, 3.63) is 24.3 Å². The Kier molecular flexibility index (Phi) is 3.28. The second-order valence-corrected chi connectivity index (χ2v) is 4.20. The van der Waals surface area contributed by atoms with Gasteiger partial charge < -0.3 is 5.73 Å².